The molecule has 104 valence electrons. The fraction of sp³-hybridized carbons (Fsp3) is 0.533. The van der Waals surface area contributed by atoms with Crippen LogP contribution < -0.4 is 4.90 Å². The van der Waals surface area contributed by atoms with Crippen LogP contribution in [-0.2, 0) is 0 Å². The van der Waals surface area contributed by atoms with E-state index in [1.807, 2.05) is 6.07 Å². The van der Waals surface area contributed by atoms with E-state index in [4.69, 9.17) is 5.11 Å². The number of carbonyl (C=O) groups is 1. The topological polar surface area (TPSA) is 40.5 Å². The number of hydrogen-bond donors (Lipinski definition) is 1. The molecule has 0 aliphatic carbocycles. The highest BCUT2D eigenvalue weighted by molar-refractivity contribution is 9.10. The fourth-order valence-corrected chi connectivity index (χ4v) is 3.34. The summed E-state index contributed by atoms with van der Waals surface area (Å²) in [5, 5.41) is 8.99. The van der Waals surface area contributed by atoms with Crippen molar-refractivity contribution in [2.45, 2.75) is 32.6 Å². The number of anilines is 1. The number of rotatable bonds is 3. The van der Waals surface area contributed by atoms with Crippen LogP contribution in [0.2, 0.25) is 0 Å². The molecule has 1 aliphatic heterocycles. The van der Waals surface area contributed by atoms with Gasteiger partial charge in [-0.25, -0.2) is 4.79 Å². The summed E-state index contributed by atoms with van der Waals surface area (Å²) < 4.78 is 0.877. The Balaban J connectivity index is 2.15. The first-order chi connectivity index (χ1) is 9.11. The average molecular weight is 326 g/mol. The number of hydrogen-bond acceptors (Lipinski definition) is 2. The van der Waals surface area contributed by atoms with Gasteiger partial charge in [0.2, 0.25) is 0 Å². The van der Waals surface area contributed by atoms with Crippen LogP contribution in [-0.4, -0.2) is 24.2 Å². The monoisotopic (exact) mass is 325 g/mol. The van der Waals surface area contributed by atoms with Gasteiger partial charge >= 0.3 is 5.97 Å². The molecule has 0 saturated carbocycles. The van der Waals surface area contributed by atoms with Gasteiger partial charge in [-0.3, -0.25) is 0 Å². The van der Waals surface area contributed by atoms with Crippen LogP contribution in [0.5, 0.6) is 0 Å². The third-order valence-electron chi connectivity index (χ3n) is 3.96. The van der Waals surface area contributed by atoms with E-state index in [-0.39, 0.29) is 0 Å². The first kappa shape index (κ1) is 14.4. The molecule has 1 aromatic carbocycles. The van der Waals surface area contributed by atoms with Gasteiger partial charge in [0.25, 0.3) is 0 Å². The molecule has 1 N–H and O–H groups in total. The Bertz CT molecular complexity index is 461. The van der Waals surface area contributed by atoms with E-state index in [0.717, 1.165) is 29.2 Å². The molecule has 0 aromatic heterocycles. The lowest BCUT2D eigenvalue weighted by molar-refractivity contribution is 0.0697. The normalized spacial score (nSPS) is 20.1. The quantitative estimate of drug-likeness (QED) is 0.906. The van der Waals surface area contributed by atoms with Crippen LogP contribution in [0.25, 0.3) is 0 Å². The van der Waals surface area contributed by atoms with Crippen molar-refractivity contribution in [2.75, 3.05) is 18.0 Å². The highest BCUT2D eigenvalue weighted by Gasteiger charge is 2.18. The minimum absolute atomic E-state index is 0.330. The van der Waals surface area contributed by atoms with Crippen LogP contribution in [0.4, 0.5) is 5.69 Å². The van der Waals surface area contributed by atoms with Crippen LogP contribution in [0, 0.1) is 5.92 Å². The lowest BCUT2D eigenvalue weighted by Crippen LogP contribution is -2.24. The van der Waals surface area contributed by atoms with Crippen molar-refractivity contribution in [3.63, 3.8) is 0 Å². The largest absolute Gasteiger partial charge is 0.478 e. The minimum atomic E-state index is -0.880. The van der Waals surface area contributed by atoms with Gasteiger partial charge in [0.1, 0.15) is 0 Å². The molecule has 1 fully saturated rings. The van der Waals surface area contributed by atoms with Crippen molar-refractivity contribution in [2.24, 2.45) is 5.92 Å². The van der Waals surface area contributed by atoms with E-state index in [0.29, 0.717) is 5.56 Å². The molecule has 1 atom stereocenters. The number of halogens is 1. The highest BCUT2D eigenvalue weighted by atomic mass is 79.9. The van der Waals surface area contributed by atoms with Crippen molar-refractivity contribution in [1.29, 1.82) is 0 Å². The molecule has 1 saturated heterocycles. The molecule has 4 heteroatoms. The van der Waals surface area contributed by atoms with Crippen LogP contribution >= 0.6 is 15.9 Å². The molecule has 0 radical (unpaired) electrons. The molecule has 1 aliphatic rings. The highest BCUT2D eigenvalue weighted by Crippen LogP contribution is 2.30. The zero-order valence-electron chi connectivity index (χ0n) is 11.2. The van der Waals surface area contributed by atoms with Gasteiger partial charge in [-0.1, -0.05) is 13.3 Å². The van der Waals surface area contributed by atoms with Crippen molar-refractivity contribution in [3.8, 4) is 0 Å². The van der Waals surface area contributed by atoms with Gasteiger partial charge in [0.15, 0.2) is 0 Å². The van der Waals surface area contributed by atoms with Crippen LogP contribution in [0.15, 0.2) is 22.7 Å². The number of benzene rings is 1. The molecule has 3 nitrogen and oxygen atoms in total. The molecule has 2 rings (SSSR count). The van der Waals surface area contributed by atoms with Crippen molar-refractivity contribution in [1.82, 2.24) is 0 Å². The summed E-state index contributed by atoms with van der Waals surface area (Å²) in [6, 6.07) is 5.30. The second kappa shape index (κ2) is 6.42. The van der Waals surface area contributed by atoms with Crippen molar-refractivity contribution in [3.05, 3.63) is 28.2 Å². The predicted molar refractivity (Wildman–Crippen MR) is 80.9 cm³/mol. The Hall–Kier alpha value is -1.03. The van der Waals surface area contributed by atoms with Crippen molar-refractivity contribution >= 4 is 27.6 Å². The lowest BCUT2D eigenvalue weighted by Gasteiger charge is -2.24. The molecule has 1 aromatic rings. The summed E-state index contributed by atoms with van der Waals surface area (Å²) in [5.41, 5.74) is 1.44. The molecule has 19 heavy (non-hydrogen) atoms. The second-order valence-corrected chi connectivity index (χ2v) is 6.02. The summed E-state index contributed by atoms with van der Waals surface area (Å²) in [4.78, 5) is 13.3. The standard InChI is InChI=1S/C15H20BrNO2/c1-2-11-4-3-8-17(9-7-11)14-6-5-12(15(18)19)10-13(14)16/h5-6,10-11H,2-4,7-9H2,1H3,(H,18,19). The predicted octanol–water partition coefficient (Wildman–Crippen LogP) is 4.16. The number of carboxylic acid groups (broad SMARTS) is 1. The summed E-state index contributed by atoms with van der Waals surface area (Å²) >= 11 is 3.50. The van der Waals surface area contributed by atoms with Gasteiger partial charge in [0.05, 0.1) is 11.3 Å². The van der Waals surface area contributed by atoms with Gasteiger partial charge in [-0.15, -0.1) is 0 Å². The van der Waals surface area contributed by atoms with E-state index in [2.05, 4.69) is 27.8 Å². The fourth-order valence-electron chi connectivity index (χ4n) is 2.71. The third kappa shape index (κ3) is 3.50. The summed E-state index contributed by atoms with van der Waals surface area (Å²) in [7, 11) is 0. The minimum Gasteiger partial charge on any atom is -0.478 e. The van der Waals surface area contributed by atoms with Gasteiger partial charge < -0.3 is 10.0 Å². The van der Waals surface area contributed by atoms with Gasteiger partial charge in [-0.2, -0.15) is 0 Å². The average Bonchev–Trinajstić information content (AvgIpc) is 2.63. The molecular formula is C15H20BrNO2. The smallest absolute Gasteiger partial charge is 0.335 e. The first-order valence-corrected chi connectivity index (χ1v) is 7.69. The van der Waals surface area contributed by atoms with Crippen LogP contribution in [0.1, 0.15) is 43.0 Å². The van der Waals surface area contributed by atoms with E-state index < -0.39 is 5.97 Å². The van der Waals surface area contributed by atoms with E-state index in [1.54, 1.807) is 12.1 Å². The Morgan fingerprint density at radius 2 is 2.21 bits per heavy atom. The Morgan fingerprint density at radius 3 is 2.84 bits per heavy atom. The van der Waals surface area contributed by atoms with Crippen LogP contribution in [0.3, 0.4) is 0 Å². The molecule has 0 bridgehead atoms. The maximum atomic E-state index is 10.9. The second-order valence-electron chi connectivity index (χ2n) is 5.16. The molecular weight excluding hydrogens is 306 g/mol. The van der Waals surface area contributed by atoms with E-state index in [9.17, 15) is 4.79 Å². The number of nitrogens with zero attached hydrogens (tertiary/aromatic N) is 1. The summed E-state index contributed by atoms with van der Waals surface area (Å²) in [6.45, 7) is 4.38. The third-order valence-corrected chi connectivity index (χ3v) is 4.60. The zero-order chi connectivity index (χ0) is 13.8. The first-order valence-electron chi connectivity index (χ1n) is 6.89. The summed E-state index contributed by atoms with van der Waals surface area (Å²) in [6.07, 6.45) is 5.00. The SMILES string of the molecule is CCC1CCCN(c2ccc(C(=O)O)cc2Br)CC1. The lowest BCUT2D eigenvalue weighted by atomic mass is 9.98. The molecule has 1 unspecified atom stereocenters. The summed E-state index contributed by atoms with van der Waals surface area (Å²) in [5.74, 6) is -0.0452. The number of carboxylic acids is 1. The Labute approximate surface area is 122 Å². The Kier molecular flexibility index (Phi) is 4.86. The zero-order valence-corrected chi connectivity index (χ0v) is 12.8. The molecule has 0 amide bonds. The Morgan fingerprint density at radius 1 is 1.42 bits per heavy atom. The maximum Gasteiger partial charge on any atom is 0.335 e. The van der Waals surface area contributed by atoms with Crippen molar-refractivity contribution < 1.29 is 9.90 Å². The molecule has 0 spiro atoms. The van der Waals surface area contributed by atoms with Gasteiger partial charge in [-0.05, 0) is 59.3 Å². The maximum absolute atomic E-state index is 10.9. The molecule has 1 heterocycles. The van der Waals surface area contributed by atoms with Gasteiger partial charge in [0, 0.05) is 17.6 Å². The van der Waals surface area contributed by atoms with E-state index >= 15 is 0 Å². The number of aromatic carboxylic acids is 1. The van der Waals surface area contributed by atoms with E-state index in [1.165, 1.54) is 25.7 Å².